The summed E-state index contributed by atoms with van der Waals surface area (Å²) in [6.07, 6.45) is 4.14. The number of sulfonamides is 1. The van der Waals surface area contributed by atoms with Crippen LogP contribution in [0.1, 0.15) is 52.9 Å². The summed E-state index contributed by atoms with van der Waals surface area (Å²) >= 11 is 0. The molecular weight excluding hydrogens is 274 g/mol. The molecule has 2 aliphatic carbocycles. The summed E-state index contributed by atoms with van der Waals surface area (Å²) in [4.78, 5) is 12.4. The molecule has 0 amide bonds. The maximum absolute atomic E-state index is 12.6. The van der Waals surface area contributed by atoms with E-state index in [2.05, 4.69) is 13.8 Å². The molecule has 0 radical (unpaired) electrons. The monoisotopic (exact) mass is 301 g/mol. The topological polar surface area (TPSA) is 54.5 Å². The molecule has 0 aromatic rings. The first-order valence-electron chi connectivity index (χ1n) is 7.65. The van der Waals surface area contributed by atoms with Crippen molar-refractivity contribution in [2.75, 3.05) is 19.3 Å². The third-order valence-corrected chi connectivity index (χ3v) is 7.86. The van der Waals surface area contributed by atoms with Gasteiger partial charge in [0.05, 0.1) is 5.75 Å². The Morgan fingerprint density at radius 2 is 2.00 bits per heavy atom. The molecule has 0 aromatic carbocycles. The first kappa shape index (κ1) is 16.0. The van der Waals surface area contributed by atoms with Crippen molar-refractivity contribution in [3.8, 4) is 0 Å². The van der Waals surface area contributed by atoms with Crippen molar-refractivity contribution in [1.82, 2.24) is 4.31 Å². The van der Waals surface area contributed by atoms with Crippen LogP contribution in [0.4, 0.5) is 0 Å². The number of carbonyl (C=O) groups excluding carboxylic acids is 1. The Hall–Kier alpha value is -0.420. The molecule has 2 saturated carbocycles. The summed E-state index contributed by atoms with van der Waals surface area (Å²) in [7, 11) is -1.71. The average Bonchev–Trinajstić information content (AvgIpc) is 2.69. The van der Waals surface area contributed by atoms with Crippen LogP contribution in [-0.4, -0.2) is 37.9 Å². The summed E-state index contributed by atoms with van der Waals surface area (Å²) in [5.74, 6) is 0.542. The van der Waals surface area contributed by atoms with Crippen LogP contribution in [-0.2, 0) is 14.8 Å². The number of carbonyl (C=O) groups is 1. The summed E-state index contributed by atoms with van der Waals surface area (Å²) in [6, 6.07) is 0. The molecule has 0 aliphatic heterocycles. The fraction of sp³-hybridized carbons (Fsp3) is 0.933. The summed E-state index contributed by atoms with van der Waals surface area (Å²) in [6.45, 7) is 6.76. The Bertz CT molecular complexity index is 497. The van der Waals surface area contributed by atoms with Gasteiger partial charge < -0.3 is 0 Å². The zero-order valence-electron chi connectivity index (χ0n) is 13.1. The Kier molecular flexibility index (Phi) is 4.06. The lowest BCUT2D eigenvalue weighted by Crippen LogP contribution is -2.45. The van der Waals surface area contributed by atoms with Crippen LogP contribution < -0.4 is 0 Å². The smallest absolute Gasteiger partial charge is 0.214 e. The molecule has 2 atom stereocenters. The highest BCUT2D eigenvalue weighted by Gasteiger charge is 2.65. The van der Waals surface area contributed by atoms with Gasteiger partial charge >= 0.3 is 0 Å². The molecular formula is C15H27NO3S. The van der Waals surface area contributed by atoms with E-state index in [-0.39, 0.29) is 17.0 Å². The largest absolute Gasteiger partial charge is 0.299 e. The number of unbranched alkanes of at least 4 members (excludes halogenated alkanes) is 1. The predicted octanol–water partition coefficient (Wildman–Crippen LogP) is 2.44. The molecule has 2 fully saturated rings. The second-order valence-corrected chi connectivity index (χ2v) is 9.17. The number of hydrogen-bond acceptors (Lipinski definition) is 3. The molecule has 116 valence electrons. The highest BCUT2D eigenvalue weighted by molar-refractivity contribution is 7.89. The fourth-order valence-electron chi connectivity index (χ4n) is 4.05. The number of hydrogen-bond donors (Lipinski definition) is 0. The van der Waals surface area contributed by atoms with Crippen molar-refractivity contribution in [3.05, 3.63) is 0 Å². The van der Waals surface area contributed by atoms with Crippen molar-refractivity contribution in [2.24, 2.45) is 16.7 Å². The number of ketones is 1. The lowest BCUT2D eigenvalue weighted by molar-refractivity contribution is -0.128. The average molecular weight is 301 g/mol. The van der Waals surface area contributed by atoms with Crippen LogP contribution in [0, 0.1) is 16.7 Å². The van der Waals surface area contributed by atoms with Gasteiger partial charge in [-0.1, -0.05) is 27.2 Å². The van der Waals surface area contributed by atoms with Crippen LogP contribution in [0.25, 0.3) is 0 Å². The SMILES string of the molecule is CCCCN(C)S(=O)(=O)C[C@]12CC[C@@H](CC1=O)C2(C)C. The second kappa shape index (κ2) is 5.09. The van der Waals surface area contributed by atoms with Crippen molar-refractivity contribution in [3.63, 3.8) is 0 Å². The minimum atomic E-state index is -3.35. The van der Waals surface area contributed by atoms with E-state index < -0.39 is 15.4 Å². The lowest BCUT2D eigenvalue weighted by Gasteiger charge is -2.37. The van der Waals surface area contributed by atoms with E-state index >= 15 is 0 Å². The molecule has 2 bridgehead atoms. The highest BCUT2D eigenvalue weighted by Crippen LogP contribution is 2.64. The molecule has 20 heavy (non-hydrogen) atoms. The summed E-state index contributed by atoms with van der Waals surface area (Å²) in [5.41, 5.74) is -0.820. The maximum Gasteiger partial charge on any atom is 0.214 e. The Labute approximate surface area is 123 Å². The molecule has 0 spiro atoms. The van der Waals surface area contributed by atoms with E-state index in [4.69, 9.17) is 0 Å². The van der Waals surface area contributed by atoms with Gasteiger partial charge in [-0.2, -0.15) is 0 Å². The van der Waals surface area contributed by atoms with Gasteiger partial charge in [0, 0.05) is 25.4 Å². The minimum absolute atomic E-state index is 0.00253. The quantitative estimate of drug-likeness (QED) is 0.757. The standard InChI is InChI=1S/C15H27NO3S/c1-5-6-9-16(4)20(18,19)11-15-8-7-12(10-13(15)17)14(15,2)3/h12H,5-11H2,1-4H3/t12-,15+/m0/s1. The molecule has 2 aliphatic rings. The first-order valence-corrected chi connectivity index (χ1v) is 9.25. The molecule has 5 heteroatoms. The first-order chi connectivity index (χ1) is 9.17. The van der Waals surface area contributed by atoms with Crippen molar-refractivity contribution < 1.29 is 13.2 Å². The van der Waals surface area contributed by atoms with Gasteiger partial charge in [0.25, 0.3) is 0 Å². The fourth-order valence-corrected chi connectivity index (χ4v) is 5.98. The van der Waals surface area contributed by atoms with E-state index in [0.717, 1.165) is 25.7 Å². The van der Waals surface area contributed by atoms with Gasteiger partial charge in [0.1, 0.15) is 5.78 Å². The van der Waals surface area contributed by atoms with Crippen molar-refractivity contribution >= 4 is 15.8 Å². The van der Waals surface area contributed by atoms with E-state index in [1.54, 1.807) is 7.05 Å². The third-order valence-electron chi connectivity index (χ3n) is 5.87. The van der Waals surface area contributed by atoms with E-state index in [1.807, 2.05) is 6.92 Å². The van der Waals surface area contributed by atoms with Gasteiger partial charge in [0.2, 0.25) is 10.0 Å². The van der Waals surface area contributed by atoms with Crippen molar-refractivity contribution in [2.45, 2.75) is 52.9 Å². The Morgan fingerprint density at radius 3 is 2.45 bits per heavy atom. The van der Waals surface area contributed by atoms with Gasteiger partial charge in [-0.05, 0) is 30.6 Å². The van der Waals surface area contributed by atoms with Gasteiger partial charge in [0.15, 0.2) is 0 Å². The molecule has 0 saturated heterocycles. The zero-order chi connectivity index (χ0) is 15.2. The molecule has 0 unspecified atom stereocenters. The molecule has 0 N–H and O–H groups in total. The normalized spacial score (nSPS) is 32.2. The summed E-state index contributed by atoms with van der Waals surface area (Å²) < 4.78 is 26.6. The van der Waals surface area contributed by atoms with E-state index in [0.29, 0.717) is 18.9 Å². The minimum Gasteiger partial charge on any atom is -0.299 e. The number of fused-ring (bicyclic) bond motifs is 2. The molecule has 4 nitrogen and oxygen atoms in total. The van der Waals surface area contributed by atoms with Gasteiger partial charge in [-0.3, -0.25) is 4.79 Å². The molecule has 2 rings (SSSR count). The van der Waals surface area contributed by atoms with Crippen LogP contribution in [0.3, 0.4) is 0 Å². The van der Waals surface area contributed by atoms with E-state index in [1.165, 1.54) is 4.31 Å². The number of rotatable bonds is 6. The second-order valence-electron chi connectivity index (χ2n) is 7.10. The molecule has 0 aromatic heterocycles. The van der Waals surface area contributed by atoms with Crippen molar-refractivity contribution in [1.29, 1.82) is 0 Å². The van der Waals surface area contributed by atoms with Crippen LogP contribution in [0.2, 0.25) is 0 Å². The Morgan fingerprint density at radius 1 is 1.35 bits per heavy atom. The van der Waals surface area contributed by atoms with Crippen LogP contribution in [0.5, 0.6) is 0 Å². The highest BCUT2D eigenvalue weighted by atomic mass is 32.2. The van der Waals surface area contributed by atoms with Crippen LogP contribution >= 0.6 is 0 Å². The van der Waals surface area contributed by atoms with Crippen LogP contribution in [0.15, 0.2) is 0 Å². The molecule has 0 heterocycles. The lowest BCUT2D eigenvalue weighted by atomic mass is 9.70. The zero-order valence-corrected chi connectivity index (χ0v) is 13.9. The maximum atomic E-state index is 12.6. The summed E-state index contributed by atoms with van der Waals surface area (Å²) in [5, 5.41) is 0. The van der Waals surface area contributed by atoms with Gasteiger partial charge in [-0.25, -0.2) is 12.7 Å². The van der Waals surface area contributed by atoms with E-state index in [9.17, 15) is 13.2 Å². The Balaban J connectivity index is 2.22. The van der Waals surface area contributed by atoms with Gasteiger partial charge in [-0.15, -0.1) is 0 Å². The third kappa shape index (κ3) is 2.23. The number of nitrogens with zero attached hydrogens (tertiary/aromatic N) is 1. The predicted molar refractivity (Wildman–Crippen MR) is 79.9 cm³/mol. The number of Topliss-reactive ketones (excluding diaryl/α,β-unsaturated/α-hetero) is 1.